The van der Waals surface area contributed by atoms with Gasteiger partial charge in [-0.25, -0.2) is 4.98 Å². The number of pyridine rings is 1. The van der Waals surface area contributed by atoms with Crippen LogP contribution in [0.25, 0.3) is 11.0 Å². The first kappa shape index (κ1) is 16.8. The minimum atomic E-state index is 0.182. The molecule has 1 aromatic carbocycles. The van der Waals surface area contributed by atoms with E-state index in [1.807, 2.05) is 59.0 Å². The van der Waals surface area contributed by atoms with Crippen molar-refractivity contribution in [2.75, 3.05) is 13.1 Å². The number of aromatic nitrogens is 3. The molecule has 26 heavy (non-hydrogen) atoms. The summed E-state index contributed by atoms with van der Waals surface area (Å²) >= 11 is 0. The van der Waals surface area contributed by atoms with Gasteiger partial charge in [-0.15, -0.1) is 0 Å². The van der Waals surface area contributed by atoms with Gasteiger partial charge in [0.05, 0.1) is 11.0 Å². The topological polar surface area (TPSA) is 51.0 Å². The Labute approximate surface area is 153 Å². The molecule has 0 unspecified atom stereocenters. The number of benzene rings is 1. The second-order valence-corrected chi connectivity index (χ2v) is 7.11. The summed E-state index contributed by atoms with van der Waals surface area (Å²) in [6.45, 7) is 4.00. The lowest BCUT2D eigenvalue weighted by Crippen LogP contribution is -2.42. The molecule has 1 atom stereocenters. The van der Waals surface area contributed by atoms with E-state index in [1.165, 1.54) is 0 Å². The van der Waals surface area contributed by atoms with Crippen LogP contribution in [-0.2, 0) is 17.8 Å². The van der Waals surface area contributed by atoms with Crippen molar-refractivity contribution in [3.63, 3.8) is 0 Å². The largest absolute Gasteiger partial charge is 0.341 e. The van der Waals surface area contributed by atoms with E-state index in [9.17, 15) is 4.79 Å². The van der Waals surface area contributed by atoms with Gasteiger partial charge in [0.1, 0.15) is 12.4 Å². The van der Waals surface area contributed by atoms with Crippen LogP contribution in [0.3, 0.4) is 0 Å². The third kappa shape index (κ3) is 3.47. The lowest BCUT2D eigenvalue weighted by atomic mass is 9.93. The summed E-state index contributed by atoms with van der Waals surface area (Å²) in [6, 6.07) is 14.0. The highest BCUT2D eigenvalue weighted by atomic mass is 16.2. The number of nitrogens with zero attached hydrogens (tertiary/aromatic N) is 4. The molecule has 3 aromatic rings. The zero-order valence-corrected chi connectivity index (χ0v) is 15.1. The fourth-order valence-corrected chi connectivity index (χ4v) is 3.90. The summed E-state index contributed by atoms with van der Waals surface area (Å²) in [6.07, 6.45) is 5.01. The normalized spacial score (nSPS) is 17.6. The first-order valence-corrected chi connectivity index (χ1v) is 9.30. The predicted octanol–water partition coefficient (Wildman–Crippen LogP) is 3.22. The SMILES string of the molecule is Cc1nc2ccccc2n1CC(=O)N1CCC[C@@H](Cc2ccccn2)C1. The van der Waals surface area contributed by atoms with Gasteiger partial charge in [-0.05, 0) is 56.4 Å². The van der Waals surface area contributed by atoms with E-state index in [-0.39, 0.29) is 5.91 Å². The van der Waals surface area contributed by atoms with Crippen LogP contribution in [0.1, 0.15) is 24.4 Å². The van der Waals surface area contributed by atoms with Crippen molar-refractivity contribution in [3.05, 3.63) is 60.2 Å². The Balaban J connectivity index is 1.45. The Hall–Kier alpha value is -2.69. The molecule has 0 N–H and O–H groups in total. The molecule has 134 valence electrons. The Morgan fingerprint density at radius 2 is 2.04 bits per heavy atom. The molecule has 1 aliphatic rings. The van der Waals surface area contributed by atoms with Crippen molar-refractivity contribution in [2.24, 2.45) is 5.92 Å². The quantitative estimate of drug-likeness (QED) is 0.727. The van der Waals surface area contributed by atoms with E-state index in [1.54, 1.807) is 0 Å². The molecule has 0 radical (unpaired) electrons. The number of hydrogen-bond acceptors (Lipinski definition) is 3. The number of rotatable bonds is 4. The zero-order valence-electron chi connectivity index (χ0n) is 15.1. The summed E-state index contributed by atoms with van der Waals surface area (Å²) < 4.78 is 2.03. The van der Waals surface area contributed by atoms with Crippen LogP contribution in [-0.4, -0.2) is 38.4 Å². The molecule has 0 saturated carbocycles. The number of piperidine rings is 1. The maximum Gasteiger partial charge on any atom is 0.242 e. The number of carbonyl (C=O) groups excluding carboxylic acids is 1. The van der Waals surface area contributed by atoms with Crippen LogP contribution in [0.4, 0.5) is 0 Å². The lowest BCUT2D eigenvalue weighted by molar-refractivity contribution is -0.133. The first-order chi connectivity index (χ1) is 12.7. The maximum absolute atomic E-state index is 12.9. The molecule has 0 aliphatic carbocycles. The monoisotopic (exact) mass is 348 g/mol. The number of amides is 1. The fourth-order valence-electron chi connectivity index (χ4n) is 3.90. The minimum absolute atomic E-state index is 0.182. The Bertz CT molecular complexity index is 903. The molecule has 0 spiro atoms. The van der Waals surface area contributed by atoms with E-state index in [0.717, 1.165) is 54.9 Å². The van der Waals surface area contributed by atoms with Crippen molar-refractivity contribution in [1.82, 2.24) is 19.4 Å². The van der Waals surface area contributed by atoms with Gasteiger partial charge in [-0.3, -0.25) is 9.78 Å². The summed E-state index contributed by atoms with van der Waals surface area (Å²) in [4.78, 5) is 23.9. The highest BCUT2D eigenvalue weighted by Gasteiger charge is 2.25. The van der Waals surface area contributed by atoms with Gasteiger partial charge < -0.3 is 9.47 Å². The van der Waals surface area contributed by atoms with Crippen LogP contribution in [0, 0.1) is 12.8 Å². The van der Waals surface area contributed by atoms with E-state index in [2.05, 4.69) is 16.0 Å². The first-order valence-electron chi connectivity index (χ1n) is 9.30. The maximum atomic E-state index is 12.9. The number of carbonyl (C=O) groups is 1. The number of hydrogen-bond donors (Lipinski definition) is 0. The second-order valence-electron chi connectivity index (χ2n) is 7.11. The summed E-state index contributed by atoms with van der Waals surface area (Å²) in [7, 11) is 0. The number of para-hydroxylation sites is 2. The third-order valence-electron chi connectivity index (χ3n) is 5.23. The average Bonchev–Trinajstić information content (AvgIpc) is 2.98. The number of likely N-dealkylation sites (tertiary alicyclic amines) is 1. The molecule has 1 amide bonds. The molecule has 2 aromatic heterocycles. The van der Waals surface area contributed by atoms with Gasteiger partial charge in [0.15, 0.2) is 0 Å². The molecule has 1 aliphatic heterocycles. The van der Waals surface area contributed by atoms with Crippen LogP contribution in [0.5, 0.6) is 0 Å². The van der Waals surface area contributed by atoms with E-state index in [0.29, 0.717) is 12.5 Å². The predicted molar refractivity (Wildman–Crippen MR) is 102 cm³/mol. The summed E-state index contributed by atoms with van der Waals surface area (Å²) in [5, 5.41) is 0. The molecular formula is C21H24N4O. The van der Waals surface area contributed by atoms with Gasteiger partial charge in [0.25, 0.3) is 0 Å². The molecule has 0 bridgehead atoms. The average molecular weight is 348 g/mol. The molecule has 5 heteroatoms. The van der Waals surface area contributed by atoms with Crippen molar-refractivity contribution in [2.45, 2.75) is 32.7 Å². The zero-order chi connectivity index (χ0) is 17.9. The highest BCUT2D eigenvalue weighted by molar-refractivity contribution is 5.81. The van der Waals surface area contributed by atoms with E-state index in [4.69, 9.17) is 0 Å². The Kier molecular flexibility index (Phi) is 4.69. The van der Waals surface area contributed by atoms with Crippen LogP contribution < -0.4 is 0 Å². The molecule has 1 saturated heterocycles. The van der Waals surface area contributed by atoms with Gasteiger partial charge >= 0.3 is 0 Å². The number of aryl methyl sites for hydroxylation is 1. The number of fused-ring (bicyclic) bond motifs is 1. The van der Waals surface area contributed by atoms with Crippen molar-refractivity contribution < 1.29 is 4.79 Å². The van der Waals surface area contributed by atoms with Crippen molar-refractivity contribution in [1.29, 1.82) is 0 Å². The van der Waals surface area contributed by atoms with Gasteiger partial charge in [0.2, 0.25) is 5.91 Å². The van der Waals surface area contributed by atoms with Gasteiger partial charge in [0, 0.05) is 25.0 Å². The Morgan fingerprint density at radius 3 is 2.88 bits per heavy atom. The molecule has 3 heterocycles. The minimum Gasteiger partial charge on any atom is -0.341 e. The van der Waals surface area contributed by atoms with Gasteiger partial charge in [-0.2, -0.15) is 0 Å². The van der Waals surface area contributed by atoms with Crippen molar-refractivity contribution in [3.8, 4) is 0 Å². The third-order valence-corrected chi connectivity index (χ3v) is 5.23. The standard InChI is InChI=1S/C21H24N4O/c1-16-23-19-9-2-3-10-20(19)25(16)15-21(26)24-12-6-7-17(14-24)13-18-8-4-5-11-22-18/h2-5,8-11,17H,6-7,12-15H2,1H3/t17-/m0/s1. The summed E-state index contributed by atoms with van der Waals surface area (Å²) in [5.74, 6) is 1.56. The molecule has 4 rings (SSSR count). The van der Waals surface area contributed by atoms with Crippen molar-refractivity contribution >= 4 is 16.9 Å². The molecule has 5 nitrogen and oxygen atoms in total. The van der Waals surface area contributed by atoms with Gasteiger partial charge in [-0.1, -0.05) is 18.2 Å². The smallest absolute Gasteiger partial charge is 0.242 e. The van der Waals surface area contributed by atoms with E-state index >= 15 is 0 Å². The molecule has 1 fully saturated rings. The number of imidazole rings is 1. The fraction of sp³-hybridized carbons (Fsp3) is 0.381. The van der Waals surface area contributed by atoms with Crippen LogP contribution >= 0.6 is 0 Å². The van der Waals surface area contributed by atoms with Crippen LogP contribution in [0.15, 0.2) is 48.7 Å². The van der Waals surface area contributed by atoms with Crippen LogP contribution in [0.2, 0.25) is 0 Å². The second kappa shape index (κ2) is 7.28. The Morgan fingerprint density at radius 1 is 1.19 bits per heavy atom. The highest BCUT2D eigenvalue weighted by Crippen LogP contribution is 2.21. The van der Waals surface area contributed by atoms with E-state index < -0.39 is 0 Å². The molecular weight excluding hydrogens is 324 g/mol. The lowest BCUT2D eigenvalue weighted by Gasteiger charge is -2.33. The summed E-state index contributed by atoms with van der Waals surface area (Å²) in [5.41, 5.74) is 3.09.